The lowest BCUT2D eigenvalue weighted by Crippen LogP contribution is -2.28. The van der Waals surface area contributed by atoms with E-state index >= 15 is 0 Å². The van der Waals surface area contributed by atoms with Crippen LogP contribution < -0.4 is 5.32 Å². The van der Waals surface area contributed by atoms with Crippen LogP contribution >= 0.6 is 0 Å². The van der Waals surface area contributed by atoms with E-state index in [0.717, 1.165) is 12.2 Å². The Morgan fingerprint density at radius 3 is 2.83 bits per heavy atom. The second kappa shape index (κ2) is 6.62. The van der Waals surface area contributed by atoms with Gasteiger partial charge in [-0.25, -0.2) is 9.97 Å². The molecule has 0 atom stereocenters. The Morgan fingerprint density at radius 2 is 2.17 bits per heavy atom. The molecule has 1 N–H and O–H groups in total. The van der Waals surface area contributed by atoms with Crippen molar-refractivity contribution in [3.8, 4) is 18.2 Å². The number of imidazole rings is 1. The summed E-state index contributed by atoms with van der Waals surface area (Å²) in [5, 5.41) is 11.0. The van der Waals surface area contributed by atoms with E-state index < -0.39 is 0 Å². The molecule has 0 fully saturated rings. The number of hydrogen-bond acceptors (Lipinski definition) is 5. The number of amides is 1. The summed E-state index contributed by atoms with van der Waals surface area (Å²) in [6.07, 6.45) is 12.4. The molecule has 0 radical (unpaired) electrons. The van der Waals surface area contributed by atoms with Crippen molar-refractivity contribution in [1.82, 2.24) is 19.9 Å². The van der Waals surface area contributed by atoms with Crippen LogP contribution in [0.25, 0.3) is 5.82 Å². The highest BCUT2D eigenvalue weighted by molar-refractivity contribution is 5.94. The number of aromatic nitrogens is 3. The molecule has 1 aliphatic heterocycles. The van der Waals surface area contributed by atoms with Crippen molar-refractivity contribution >= 4 is 5.91 Å². The number of hydrogen-bond donors (Lipinski definition) is 1. The molecule has 7 heteroatoms. The number of aryl methyl sites for hydroxylation is 1. The van der Waals surface area contributed by atoms with Crippen molar-refractivity contribution in [2.75, 3.05) is 6.54 Å². The van der Waals surface area contributed by atoms with Gasteiger partial charge in [0, 0.05) is 50.0 Å². The monoisotopic (exact) mass is 322 g/mol. The zero-order valence-electron chi connectivity index (χ0n) is 13.4. The maximum absolute atomic E-state index is 12.3. The molecule has 122 valence electrons. The van der Waals surface area contributed by atoms with Gasteiger partial charge in [-0.15, -0.1) is 12.3 Å². The molecule has 3 rings (SSSR count). The van der Waals surface area contributed by atoms with Crippen molar-refractivity contribution in [1.29, 1.82) is 0 Å². The predicted molar refractivity (Wildman–Crippen MR) is 88.7 cm³/mol. The van der Waals surface area contributed by atoms with Crippen molar-refractivity contribution in [2.24, 2.45) is 10.2 Å². The number of rotatable bonds is 7. The third-order valence-electron chi connectivity index (χ3n) is 3.94. The molecule has 0 aromatic carbocycles. The molecule has 7 nitrogen and oxygen atoms in total. The van der Waals surface area contributed by atoms with Gasteiger partial charge in [0.05, 0.1) is 0 Å². The van der Waals surface area contributed by atoms with Crippen molar-refractivity contribution < 1.29 is 4.79 Å². The fourth-order valence-corrected chi connectivity index (χ4v) is 2.46. The molecular weight excluding hydrogens is 304 g/mol. The van der Waals surface area contributed by atoms with Crippen LogP contribution in [0.2, 0.25) is 0 Å². The lowest BCUT2D eigenvalue weighted by Gasteiger charge is -2.10. The fraction of sp³-hybridized carbons (Fsp3) is 0.353. The van der Waals surface area contributed by atoms with Crippen molar-refractivity contribution in [3.63, 3.8) is 0 Å². The molecular formula is C17H18N6O. The number of pyridine rings is 1. The van der Waals surface area contributed by atoms with Gasteiger partial charge in [-0.1, -0.05) is 0 Å². The Balaban J connectivity index is 1.58. The maximum Gasteiger partial charge on any atom is 0.251 e. The highest BCUT2D eigenvalue weighted by Gasteiger charge is 2.38. The molecule has 24 heavy (non-hydrogen) atoms. The predicted octanol–water partition coefficient (Wildman–Crippen LogP) is 2.27. The Bertz CT molecular complexity index is 810. The summed E-state index contributed by atoms with van der Waals surface area (Å²) in [6, 6.07) is 3.43. The van der Waals surface area contributed by atoms with E-state index in [0.29, 0.717) is 30.8 Å². The van der Waals surface area contributed by atoms with Crippen LogP contribution in [-0.2, 0) is 0 Å². The molecule has 0 spiro atoms. The van der Waals surface area contributed by atoms with Gasteiger partial charge < -0.3 is 5.32 Å². The zero-order valence-corrected chi connectivity index (χ0v) is 13.4. The first-order valence-corrected chi connectivity index (χ1v) is 7.76. The van der Waals surface area contributed by atoms with Crippen LogP contribution in [0.3, 0.4) is 0 Å². The van der Waals surface area contributed by atoms with Gasteiger partial charge in [-0.3, -0.25) is 9.36 Å². The first-order chi connectivity index (χ1) is 11.6. The molecule has 1 amide bonds. The summed E-state index contributed by atoms with van der Waals surface area (Å²) in [5.74, 6) is 3.92. The van der Waals surface area contributed by atoms with E-state index in [1.54, 1.807) is 24.5 Å². The molecule has 1 aliphatic rings. The van der Waals surface area contributed by atoms with Gasteiger partial charge in [0.15, 0.2) is 5.66 Å². The molecule has 0 aliphatic carbocycles. The third kappa shape index (κ3) is 3.49. The van der Waals surface area contributed by atoms with Crippen LogP contribution in [0.5, 0.6) is 0 Å². The lowest BCUT2D eigenvalue weighted by molar-refractivity contribution is 0.0951. The molecule has 0 saturated carbocycles. The maximum atomic E-state index is 12.3. The van der Waals surface area contributed by atoms with Crippen LogP contribution in [0.1, 0.15) is 35.4 Å². The van der Waals surface area contributed by atoms with E-state index in [1.165, 1.54) is 0 Å². The Kier molecular flexibility index (Phi) is 4.38. The van der Waals surface area contributed by atoms with Crippen molar-refractivity contribution in [2.45, 2.75) is 31.8 Å². The van der Waals surface area contributed by atoms with Gasteiger partial charge in [0.25, 0.3) is 5.91 Å². The Hall–Kier alpha value is -3.01. The zero-order chi connectivity index (χ0) is 17.0. The summed E-state index contributed by atoms with van der Waals surface area (Å²) in [5.41, 5.74) is 0.173. The molecule has 0 unspecified atom stereocenters. The highest BCUT2D eigenvalue weighted by Crippen LogP contribution is 2.36. The molecule has 0 saturated heterocycles. The number of nitrogens with zero attached hydrogens (tertiary/aromatic N) is 5. The SMILES string of the molecule is C#CCCC1(CCNC(=O)c2ccnc(-n3ccnc3C)c2)N=N1. The quantitative estimate of drug-likeness (QED) is 0.794. The van der Waals surface area contributed by atoms with Crippen LogP contribution in [0, 0.1) is 19.3 Å². The summed E-state index contributed by atoms with van der Waals surface area (Å²) in [6.45, 7) is 2.38. The van der Waals surface area contributed by atoms with Crippen LogP contribution in [0.4, 0.5) is 0 Å². The minimum atomic E-state index is -0.378. The van der Waals surface area contributed by atoms with Crippen LogP contribution in [0.15, 0.2) is 41.0 Å². The third-order valence-corrected chi connectivity index (χ3v) is 3.94. The van der Waals surface area contributed by atoms with Crippen LogP contribution in [-0.4, -0.2) is 32.6 Å². The standard InChI is InChI=1S/C17H18N6O/c1-3-4-6-17(21-22-17)7-9-20-16(24)14-5-8-19-15(12-14)23-11-10-18-13(23)2/h1,5,8,10-12H,4,6-7,9H2,2H3,(H,20,24). The van der Waals surface area contributed by atoms with Gasteiger partial charge in [0.2, 0.25) is 0 Å². The number of nitrogens with one attached hydrogen (secondary N) is 1. The minimum absolute atomic E-state index is 0.149. The second-order valence-electron chi connectivity index (χ2n) is 5.64. The van der Waals surface area contributed by atoms with E-state index in [-0.39, 0.29) is 11.6 Å². The van der Waals surface area contributed by atoms with Gasteiger partial charge in [-0.05, 0) is 19.1 Å². The first-order valence-electron chi connectivity index (χ1n) is 7.76. The number of terminal acetylenes is 1. The molecule has 2 aromatic heterocycles. The molecule has 2 aromatic rings. The fourth-order valence-electron chi connectivity index (χ4n) is 2.46. The smallest absolute Gasteiger partial charge is 0.251 e. The Morgan fingerprint density at radius 1 is 1.33 bits per heavy atom. The number of carbonyl (C=O) groups is 1. The van der Waals surface area contributed by atoms with Gasteiger partial charge in [-0.2, -0.15) is 10.2 Å². The highest BCUT2D eigenvalue weighted by atomic mass is 16.1. The molecule has 0 bridgehead atoms. The van der Waals surface area contributed by atoms with Gasteiger partial charge in [0.1, 0.15) is 11.6 Å². The first kappa shape index (κ1) is 15.9. The van der Waals surface area contributed by atoms with Crippen molar-refractivity contribution in [3.05, 3.63) is 42.1 Å². The average molecular weight is 322 g/mol. The lowest BCUT2D eigenvalue weighted by atomic mass is 10.0. The van der Waals surface area contributed by atoms with Gasteiger partial charge >= 0.3 is 0 Å². The van der Waals surface area contributed by atoms with E-state index in [1.807, 2.05) is 17.7 Å². The molecule has 3 heterocycles. The topological polar surface area (TPSA) is 84.5 Å². The van der Waals surface area contributed by atoms with E-state index in [2.05, 4.69) is 31.4 Å². The Labute approximate surface area is 140 Å². The largest absolute Gasteiger partial charge is 0.352 e. The van der Waals surface area contributed by atoms with E-state index in [4.69, 9.17) is 6.42 Å². The number of carbonyl (C=O) groups excluding carboxylic acids is 1. The second-order valence-corrected chi connectivity index (χ2v) is 5.64. The summed E-state index contributed by atoms with van der Waals surface area (Å²) in [4.78, 5) is 20.8. The average Bonchev–Trinajstić information content (AvgIpc) is 3.24. The minimum Gasteiger partial charge on any atom is -0.352 e. The summed E-state index contributed by atoms with van der Waals surface area (Å²) >= 11 is 0. The summed E-state index contributed by atoms with van der Waals surface area (Å²) in [7, 11) is 0. The van der Waals surface area contributed by atoms with E-state index in [9.17, 15) is 4.79 Å². The normalized spacial score (nSPS) is 14.2. The summed E-state index contributed by atoms with van der Waals surface area (Å²) < 4.78 is 1.83.